The van der Waals surface area contributed by atoms with Crippen molar-refractivity contribution in [2.75, 3.05) is 33.3 Å². The van der Waals surface area contributed by atoms with Gasteiger partial charge in [0.2, 0.25) is 0 Å². The fourth-order valence-corrected chi connectivity index (χ4v) is 5.85. The average Bonchev–Trinajstić information content (AvgIpc) is 3.06. The highest BCUT2D eigenvalue weighted by atomic mass is 16.5. The molecule has 0 saturated heterocycles. The van der Waals surface area contributed by atoms with E-state index in [-0.39, 0.29) is 23.0 Å². The first kappa shape index (κ1) is 34.4. The number of nitrogens with zero attached hydrogens (tertiary/aromatic N) is 3. The summed E-state index contributed by atoms with van der Waals surface area (Å²) in [4.78, 5) is 0. The van der Waals surface area contributed by atoms with Crippen molar-refractivity contribution in [2.45, 2.75) is 55.4 Å². The van der Waals surface area contributed by atoms with E-state index >= 15 is 0 Å². The van der Waals surface area contributed by atoms with Gasteiger partial charge in [0.1, 0.15) is 28.7 Å². The predicted molar refractivity (Wildman–Crippen MR) is 198 cm³/mol. The Bertz CT molecular complexity index is 1920. The molecule has 0 fully saturated rings. The Labute approximate surface area is 287 Å². The molecule has 0 spiro atoms. The minimum atomic E-state index is 0.190. The minimum Gasteiger partial charge on any atom is -0.507 e. The van der Waals surface area contributed by atoms with Crippen LogP contribution in [-0.4, -0.2) is 27.5 Å². The van der Waals surface area contributed by atoms with E-state index in [9.17, 15) is 20.4 Å². The molecule has 0 aromatic heterocycles. The molecule has 256 valence electrons. The number of hydrogen-bond acceptors (Lipinski definition) is 10. The number of nitrogens with one attached hydrogen (secondary N) is 2. The normalized spacial score (nSPS) is 10.9. The third-order valence-electron chi connectivity index (χ3n) is 8.58. The minimum absolute atomic E-state index is 0.190. The summed E-state index contributed by atoms with van der Waals surface area (Å²) in [7, 11) is 1.62. The lowest BCUT2D eigenvalue weighted by atomic mass is 10.1. The lowest BCUT2D eigenvalue weighted by Gasteiger charge is -2.46. The molecule has 0 saturated carbocycles. The Balaban J connectivity index is 1.85. The van der Waals surface area contributed by atoms with Crippen molar-refractivity contribution in [3.8, 4) is 28.7 Å². The van der Waals surface area contributed by atoms with Gasteiger partial charge in [-0.1, -0.05) is 0 Å². The van der Waals surface area contributed by atoms with Crippen LogP contribution in [0.2, 0.25) is 0 Å². The molecule has 10 heteroatoms. The molecule has 49 heavy (non-hydrogen) atoms. The van der Waals surface area contributed by atoms with Crippen molar-refractivity contribution in [1.29, 1.82) is 0 Å². The number of aromatic hydroxyl groups is 4. The second-order valence-corrected chi connectivity index (χ2v) is 12.6. The third kappa shape index (κ3) is 7.03. The van der Waals surface area contributed by atoms with E-state index in [0.29, 0.717) is 73.0 Å². The molecule has 5 aromatic carbocycles. The van der Waals surface area contributed by atoms with Gasteiger partial charge in [-0.3, -0.25) is 10.9 Å². The van der Waals surface area contributed by atoms with Gasteiger partial charge in [-0.2, -0.15) is 15.4 Å². The van der Waals surface area contributed by atoms with Crippen LogP contribution in [0.4, 0.5) is 28.4 Å². The molecule has 0 unspecified atom stereocenters. The maximum atomic E-state index is 10.9. The smallest absolute Gasteiger partial charge is 0.121 e. The number of hydrazine groups is 4. The highest BCUT2D eigenvalue weighted by Crippen LogP contribution is 2.38. The number of ether oxygens (including phenoxy) is 1. The summed E-state index contributed by atoms with van der Waals surface area (Å²) in [6.07, 6.45) is 0. The molecular weight excluding hydrogens is 618 g/mol. The van der Waals surface area contributed by atoms with Gasteiger partial charge in [-0.25, -0.2) is 0 Å². The molecule has 5 rings (SSSR count). The quantitative estimate of drug-likeness (QED) is 0.0639. The Morgan fingerprint density at radius 3 is 1.08 bits per heavy atom. The van der Waals surface area contributed by atoms with Crippen molar-refractivity contribution < 1.29 is 25.2 Å². The van der Waals surface area contributed by atoms with Crippen LogP contribution in [0.5, 0.6) is 28.7 Å². The SMILES string of the molecule is COc1ccc(NN(c2cc(C)c(O)c(C)c2)N(c2cc(C)c(O)c(C)c2)N(Nc2cc(C)c(O)c(C)c2)c2cc(C)c(O)c(C)c2)cc1. The van der Waals surface area contributed by atoms with Crippen molar-refractivity contribution in [3.05, 3.63) is 117 Å². The predicted octanol–water partition coefficient (Wildman–Crippen LogP) is 8.69. The van der Waals surface area contributed by atoms with E-state index in [2.05, 4.69) is 10.9 Å². The van der Waals surface area contributed by atoms with Crippen LogP contribution in [0.1, 0.15) is 44.5 Å². The molecule has 0 aliphatic rings. The second kappa shape index (κ2) is 13.7. The van der Waals surface area contributed by atoms with Gasteiger partial charge < -0.3 is 25.2 Å². The van der Waals surface area contributed by atoms with Gasteiger partial charge in [0.15, 0.2) is 0 Å². The van der Waals surface area contributed by atoms with E-state index in [4.69, 9.17) is 4.74 Å². The van der Waals surface area contributed by atoms with Gasteiger partial charge >= 0.3 is 0 Å². The number of anilines is 5. The highest BCUT2D eigenvalue weighted by molar-refractivity contribution is 5.74. The lowest BCUT2D eigenvalue weighted by Crippen LogP contribution is -2.59. The van der Waals surface area contributed by atoms with Crippen LogP contribution in [0.15, 0.2) is 72.8 Å². The highest BCUT2D eigenvalue weighted by Gasteiger charge is 2.29. The van der Waals surface area contributed by atoms with E-state index in [1.54, 1.807) is 7.11 Å². The average molecular weight is 664 g/mol. The first-order chi connectivity index (χ1) is 23.2. The molecule has 0 heterocycles. The van der Waals surface area contributed by atoms with E-state index in [0.717, 1.165) is 5.69 Å². The third-order valence-corrected chi connectivity index (χ3v) is 8.58. The number of aryl methyl sites for hydroxylation is 8. The van der Waals surface area contributed by atoms with Crippen LogP contribution in [0, 0.1) is 55.4 Å². The maximum absolute atomic E-state index is 10.9. The van der Waals surface area contributed by atoms with Crippen molar-refractivity contribution in [3.63, 3.8) is 0 Å². The molecule has 10 nitrogen and oxygen atoms in total. The summed E-state index contributed by atoms with van der Waals surface area (Å²) in [6, 6.07) is 22.5. The molecule has 0 atom stereocenters. The van der Waals surface area contributed by atoms with E-state index < -0.39 is 0 Å². The maximum Gasteiger partial charge on any atom is 0.121 e. The van der Waals surface area contributed by atoms with Crippen LogP contribution in [0.3, 0.4) is 0 Å². The Kier molecular flexibility index (Phi) is 9.61. The van der Waals surface area contributed by atoms with Crippen molar-refractivity contribution >= 4 is 28.4 Å². The zero-order valence-electron chi connectivity index (χ0n) is 29.5. The Morgan fingerprint density at radius 2 is 0.735 bits per heavy atom. The van der Waals surface area contributed by atoms with Crippen molar-refractivity contribution in [2.24, 2.45) is 0 Å². The standard InChI is InChI=1S/C39H45N5O5/c1-22-14-31(15-23(2)36(22)45)41-43(33-18-26(5)38(47)27(6)19-33)44(34-20-28(7)39(48)29(8)21-34)42(32-16-24(3)37(46)25(4)17-32)40-30-10-12-35(49-9)13-11-30/h10-21,40-41,45-48H,1-9H3. The largest absolute Gasteiger partial charge is 0.507 e. The topological polar surface area (TPSA) is 124 Å². The lowest BCUT2D eigenvalue weighted by molar-refractivity contribution is 0.415. The second-order valence-electron chi connectivity index (χ2n) is 12.6. The number of phenols is 4. The molecule has 0 amide bonds. The Morgan fingerprint density at radius 1 is 0.429 bits per heavy atom. The zero-order valence-corrected chi connectivity index (χ0v) is 29.5. The molecule has 6 N–H and O–H groups in total. The molecule has 0 bridgehead atoms. The molecular formula is C39H45N5O5. The van der Waals surface area contributed by atoms with Gasteiger partial charge in [0.25, 0.3) is 0 Å². The molecule has 0 aliphatic heterocycles. The fraction of sp³-hybridized carbons (Fsp3) is 0.231. The summed E-state index contributed by atoms with van der Waals surface area (Å²) in [5.41, 5.74) is 16.0. The summed E-state index contributed by atoms with van der Waals surface area (Å²) in [6.45, 7) is 14.8. The number of methoxy groups -OCH3 is 1. The summed E-state index contributed by atoms with van der Waals surface area (Å²) < 4.78 is 5.42. The Hall–Kier alpha value is -5.90. The first-order valence-electron chi connectivity index (χ1n) is 16.0. The van der Waals surface area contributed by atoms with Gasteiger partial charge in [0, 0.05) is 0 Å². The molecule has 0 aliphatic carbocycles. The molecule has 5 aromatic rings. The summed E-state index contributed by atoms with van der Waals surface area (Å²) in [5, 5.41) is 48.7. The first-order valence-corrected chi connectivity index (χ1v) is 16.0. The summed E-state index contributed by atoms with van der Waals surface area (Å²) >= 11 is 0. The van der Waals surface area contributed by atoms with Crippen molar-refractivity contribution in [1.82, 2.24) is 0 Å². The van der Waals surface area contributed by atoms with Crippen LogP contribution in [0.25, 0.3) is 0 Å². The molecule has 0 radical (unpaired) electrons. The van der Waals surface area contributed by atoms with Crippen LogP contribution >= 0.6 is 0 Å². The van der Waals surface area contributed by atoms with Gasteiger partial charge in [-0.05, 0) is 173 Å². The van der Waals surface area contributed by atoms with E-state index in [1.807, 2.05) is 144 Å². The van der Waals surface area contributed by atoms with Crippen LogP contribution in [-0.2, 0) is 0 Å². The number of rotatable bonds is 10. The van der Waals surface area contributed by atoms with Gasteiger partial charge in [0.05, 0.1) is 35.5 Å². The monoisotopic (exact) mass is 663 g/mol. The summed E-state index contributed by atoms with van der Waals surface area (Å²) in [5.74, 6) is 1.50. The zero-order chi connectivity index (χ0) is 35.7. The fourth-order valence-electron chi connectivity index (χ4n) is 5.85. The number of hydrogen-bond donors (Lipinski definition) is 6. The van der Waals surface area contributed by atoms with Gasteiger partial charge in [-0.15, -0.1) is 0 Å². The van der Waals surface area contributed by atoms with E-state index in [1.165, 1.54) is 0 Å². The van der Waals surface area contributed by atoms with Crippen LogP contribution < -0.4 is 30.9 Å². The number of benzene rings is 5. The number of phenolic OH excluding ortho intramolecular Hbond substituents is 4.